The maximum atomic E-state index is 12.9. The van der Waals surface area contributed by atoms with Crippen molar-refractivity contribution in [1.29, 1.82) is 0 Å². The van der Waals surface area contributed by atoms with Crippen LogP contribution in [0.4, 0.5) is 4.39 Å². The Kier molecular flexibility index (Phi) is 3.99. The van der Waals surface area contributed by atoms with Gasteiger partial charge in [0, 0.05) is 0 Å². The van der Waals surface area contributed by atoms with Crippen LogP contribution in [0.2, 0.25) is 0 Å². The van der Waals surface area contributed by atoms with E-state index in [9.17, 15) is 14.0 Å². The van der Waals surface area contributed by atoms with Gasteiger partial charge in [-0.2, -0.15) is 0 Å². The number of carbonyl (C=O) groups excluding carboxylic acids is 2. The highest BCUT2D eigenvalue weighted by Gasteiger charge is 2.25. The van der Waals surface area contributed by atoms with E-state index in [-0.39, 0.29) is 16.5 Å². The Morgan fingerprint density at radius 3 is 1.83 bits per heavy atom. The molecule has 4 nitrogen and oxygen atoms in total. The zero-order valence-corrected chi connectivity index (χ0v) is 12.6. The Hall–Kier alpha value is -2.86. The van der Waals surface area contributed by atoms with Crippen molar-refractivity contribution in [2.45, 2.75) is 0 Å². The lowest BCUT2D eigenvalue weighted by molar-refractivity contribution is -0.123. The van der Waals surface area contributed by atoms with Crippen LogP contribution in [-0.4, -0.2) is 16.9 Å². The Labute approximate surface area is 137 Å². The lowest BCUT2D eigenvalue weighted by atomic mass is 10.0. The summed E-state index contributed by atoms with van der Waals surface area (Å²) in [5.41, 5.74) is 2.48. The standard InChI is InChI=1S/C17H11FN2O2S/c18-13-7-5-12(6-8-13)11-3-1-10(2-4-11)9-14-15(21)19-17(23)20-16(14)22/h1-9H,(H2,19,20,21,22,23). The van der Waals surface area contributed by atoms with Gasteiger partial charge in [-0.1, -0.05) is 36.4 Å². The molecule has 1 aliphatic heterocycles. The van der Waals surface area contributed by atoms with Crippen LogP contribution in [0, 0.1) is 5.82 Å². The highest BCUT2D eigenvalue weighted by molar-refractivity contribution is 7.80. The van der Waals surface area contributed by atoms with Crippen LogP contribution in [0.15, 0.2) is 54.1 Å². The second kappa shape index (κ2) is 6.10. The zero-order valence-electron chi connectivity index (χ0n) is 11.8. The first kappa shape index (κ1) is 15.1. The van der Waals surface area contributed by atoms with Crippen LogP contribution in [0.5, 0.6) is 0 Å². The van der Waals surface area contributed by atoms with Gasteiger partial charge < -0.3 is 0 Å². The molecule has 0 atom stereocenters. The normalized spacial score (nSPS) is 14.3. The number of carbonyl (C=O) groups is 2. The van der Waals surface area contributed by atoms with Gasteiger partial charge in [0.1, 0.15) is 11.4 Å². The van der Waals surface area contributed by atoms with Gasteiger partial charge in [0.25, 0.3) is 11.8 Å². The monoisotopic (exact) mass is 326 g/mol. The minimum Gasteiger partial charge on any atom is -0.299 e. The van der Waals surface area contributed by atoms with E-state index < -0.39 is 11.8 Å². The molecule has 0 spiro atoms. The van der Waals surface area contributed by atoms with Crippen LogP contribution >= 0.6 is 12.2 Å². The summed E-state index contributed by atoms with van der Waals surface area (Å²) in [5.74, 6) is -1.34. The number of amides is 2. The average Bonchev–Trinajstić information content (AvgIpc) is 2.52. The summed E-state index contributed by atoms with van der Waals surface area (Å²) >= 11 is 4.74. The summed E-state index contributed by atoms with van der Waals surface area (Å²) in [6, 6.07) is 13.4. The molecule has 2 N–H and O–H groups in total. The molecule has 1 heterocycles. The van der Waals surface area contributed by atoms with Gasteiger partial charge >= 0.3 is 0 Å². The zero-order chi connectivity index (χ0) is 16.4. The molecule has 6 heteroatoms. The maximum absolute atomic E-state index is 12.9. The largest absolute Gasteiger partial charge is 0.299 e. The minimum atomic E-state index is -0.527. The van der Waals surface area contributed by atoms with E-state index >= 15 is 0 Å². The highest BCUT2D eigenvalue weighted by Crippen LogP contribution is 2.21. The highest BCUT2D eigenvalue weighted by atomic mass is 32.1. The summed E-state index contributed by atoms with van der Waals surface area (Å²) in [5, 5.41) is 4.76. The molecule has 0 saturated carbocycles. The first-order valence-corrected chi connectivity index (χ1v) is 7.18. The van der Waals surface area contributed by atoms with E-state index in [4.69, 9.17) is 12.2 Å². The van der Waals surface area contributed by atoms with E-state index in [0.29, 0.717) is 5.56 Å². The molecule has 0 bridgehead atoms. The average molecular weight is 326 g/mol. The molecular weight excluding hydrogens is 315 g/mol. The van der Waals surface area contributed by atoms with Crippen LogP contribution < -0.4 is 10.6 Å². The molecule has 2 amide bonds. The Morgan fingerprint density at radius 1 is 0.826 bits per heavy atom. The maximum Gasteiger partial charge on any atom is 0.263 e. The van der Waals surface area contributed by atoms with Crippen LogP contribution in [0.25, 0.3) is 17.2 Å². The lowest BCUT2D eigenvalue weighted by Gasteiger charge is -2.16. The number of nitrogens with one attached hydrogen (secondary N) is 2. The smallest absolute Gasteiger partial charge is 0.263 e. The molecule has 0 unspecified atom stereocenters. The fourth-order valence-corrected chi connectivity index (χ4v) is 2.37. The summed E-state index contributed by atoms with van der Waals surface area (Å²) in [7, 11) is 0. The molecule has 1 fully saturated rings. The van der Waals surface area contributed by atoms with Crippen LogP contribution in [0.1, 0.15) is 5.56 Å². The molecule has 0 radical (unpaired) electrons. The summed E-state index contributed by atoms with van der Waals surface area (Å²) in [6.45, 7) is 0. The van der Waals surface area contributed by atoms with Gasteiger partial charge in [0.05, 0.1) is 0 Å². The Morgan fingerprint density at radius 2 is 1.30 bits per heavy atom. The second-order valence-corrected chi connectivity index (χ2v) is 5.33. The first-order valence-electron chi connectivity index (χ1n) is 6.77. The van der Waals surface area contributed by atoms with Gasteiger partial charge in [-0.25, -0.2) is 4.39 Å². The number of halogens is 1. The van der Waals surface area contributed by atoms with Gasteiger partial charge in [0.2, 0.25) is 0 Å². The van der Waals surface area contributed by atoms with E-state index in [1.807, 2.05) is 12.1 Å². The minimum absolute atomic E-state index is 0.00353. The third kappa shape index (κ3) is 3.32. The van der Waals surface area contributed by atoms with Crippen molar-refractivity contribution in [2.24, 2.45) is 0 Å². The van der Waals surface area contributed by atoms with Crippen molar-refractivity contribution in [2.75, 3.05) is 0 Å². The molecule has 0 aromatic heterocycles. The van der Waals surface area contributed by atoms with Crippen molar-refractivity contribution in [1.82, 2.24) is 10.6 Å². The Balaban J connectivity index is 1.86. The molecule has 1 saturated heterocycles. The van der Waals surface area contributed by atoms with Gasteiger partial charge in [-0.05, 0) is 47.1 Å². The first-order chi connectivity index (χ1) is 11.0. The summed E-state index contributed by atoms with van der Waals surface area (Å²) in [4.78, 5) is 23.6. The third-order valence-corrected chi connectivity index (χ3v) is 3.55. The van der Waals surface area contributed by atoms with Crippen LogP contribution in [-0.2, 0) is 9.59 Å². The van der Waals surface area contributed by atoms with Crippen molar-refractivity contribution in [3.63, 3.8) is 0 Å². The number of thiocarbonyl (C=S) groups is 1. The van der Waals surface area contributed by atoms with E-state index in [1.54, 1.807) is 24.3 Å². The number of benzene rings is 2. The quantitative estimate of drug-likeness (QED) is 0.506. The fraction of sp³-hybridized carbons (Fsp3) is 0. The lowest BCUT2D eigenvalue weighted by Crippen LogP contribution is -2.51. The molecule has 0 aliphatic carbocycles. The van der Waals surface area contributed by atoms with Crippen molar-refractivity contribution in [3.8, 4) is 11.1 Å². The summed E-state index contributed by atoms with van der Waals surface area (Å²) in [6.07, 6.45) is 1.49. The fourth-order valence-electron chi connectivity index (χ4n) is 2.19. The van der Waals surface area contributed by atoms with Gasteiger partial charge in [-0.3, -0.25) is 20.2 Å². The third-order valence-electron chi connectivity index (χ3n) is 3.34. The molecule has 3 rings (SSSR count). The van der Waals surface area contributed by atoms with Gasteiger partial charge in [0.15, 0.2) is 5.11 Å². The summed E-state index contributed by atoms with van der Waals surface area (Å²) < 4.78 is 12.9. The van der Waals surface area contributed by atoms with Crippen molar-refractivity contribution in [3.05, 3.63) is 65.5 Å². The number of hydrogen-bond acceptors (Lipinski definition) is 3. The molecule has 23 heavy (non-hydrogen) atoms. The molecular formula is C17H11FN2O2S. The Bertz CT molecular complexity index is 805. The molecule has 114 valence electrons. The van der Waals surface area contributed by atoms with E-state index in [0.717, 1.165) is 11.1 Å². The number of rotatable bonds is 2. The van der Waals surface area contributed by atoms with Crippen molar-refractivity contribution >= 4 is 35.2 Å². The van der Waals surface area contributed by atoms with Gasteiger partial charge in [-0.15, -0.1) is 0 Å². The van der Waals surface area contributed by atoms with E-state index in [1.165, 1.54) is 18.2 Å². The van der Waals surface area contributed by atoms with Crippen LogP contribution in [0.3, 0.4) is 0 Å². The SMILES string of the molecule is O=C1NC(=S)NC(=O)C1=Cc1ccc(-c2ccc(F)cc2)cc1. The molecule has 2 aromatic rings. The molecule has 2 aromatic carbocycles. The number of hydrogen-bond donors (Lipinski definition) is 2. The topological polar surface area (TPSA) is 58.2 Å². The van der Waals surface area contributed by atoms with Crippen molar-refractivity contribution < 1.29 is 14.0 Å². The predicted molar refractivity (Wildman–Crippen MR) is 88.7 cm³/mol. The molecule has 1 aliphatic rings. The van der Waals surface area contributed by atoms with E-state index in [2.05, 4.69) is 10.6 Å². The predicted octanol–water partition coefficient (Wildman–Crippen LogP) is 2.41. The second-order valence-electron chi connectivity index (χ2n) is 4.92.